The lowest BCUT2D eigenvalue weighted by Crippen LogP contribution is -2.59. The molecular weight excluding hydrogens is 328 g/mol. The molecule has 1 saturated heterocycles. The molecule has 0 radical (unpaired) electrons. The monoisotopic (exact) mass is 354 g/mol. The molecular formula is C20H26N4O2. The lowest BCUT2D eigenvalue weighted by atomic mass is 9.87. The van der Waals surface area contributed by atoms with Crippen LogP contribution >= 0.6 is 0 Å². The van der Waals surface area contributed by atoms with Crippen molar-refractivity contribution in [1.82, 2.24) is 19.6 Å². The van der Waals surface area contributed by atoms with Gasteiger partial charge in [0.1, 0.15) is 0 Å². The van der Waals surface area contributed by atoms with Gasteiger partial charge in [0.2, 0.25) is 5.91 Å². The first-order valence-corrected chi connectivity index (χ1v) is 9.06. The van der Waals surface area contributed by atoms with Crippen LogP contribution in [-0.2, 0) is 21.5 Å². The summed E-state index contributed by atoms with van der Waals surface area (Å²) in [6, 6.07) is 11.8. The Morgan fingerprint density at radius 2 is 1.96 bits per heavy atom. The maximum absolute atomic E-state index is 13.0. The summed E-state index contributed by atoms with van der Waals surface area (Å²) in [4.78, 5) is 29.2. The minimum atomic E-state index is -0.812. The highest BCUT2D eigenvalue weighted by Crippen LogP contribution is 2.30. The van der Waals surface area contributed by atoms with Gasteiger partial charge in [0.05, 0.1) is 6.54 Å². The van der Waals surface area contributed by atoms with Crippen molar-refractivity contribution >= 4 is 11.8 Å². The SMILES string of the molecule is CN(C)C(=O)C1(n2cccn2)CCCN(C(=O)CCc2ccccc2)C1. The van der Waals surface area contributed by atoms with E-state index in [4.69, 9.17) is 0 Å². The third-order valence-corrected chi connectivity index (χ3v) is 5.04. The van der Waals surface area contributed by atoms with Gasteiger partial charge >= 0.3 is 0 Å². The molecule has 138 valence electrons. The molecule has 0 aliphatic carbocycles. The van der Waals surface area contributed by atoms with E-state index >= 15 is 0 Å². The van der Waals surface area contributed by atoms with Crippen LogP contribution in [0.15, 0.2) is 48.8 Å². The number of likely N-dealkylation sites (tertiary alicyclic amines) is 1. The minimum Gasteiger partial charge on any atom is -0.347 e. The molecule has 1 aliphatic rings. The molecule has 1 aliphatic heterocycles. The van der Waals surface area contributed by atoms with Crippen LogP contribution in [0.5, 0.6) is 0 Å². The highest BCUT2D eigenvalue weighted by atomic mass is 16.2. The molecule has 6 nitrogen and oxygen atoms in total. The first kappa shape index (κ1) is 18.2. The quantitative estimate of drug-likeness (QED) is 0.824. The Labute approximate surface area is 154 Å². The van der Waals surface area contributed by atoms with Gasteiger partial charge in [-0.25, -0.2) is 0 Å². The molecule has 1 fully saturated rings. The third-order valence-electron chi connectivity index (χ3n) is 5.04. The number of carbonyl (C=O) groups excluding carboxylic acids is 2. The van der Waals surface area contributed by atoms with Crippen LogP contribution < -0.4 is 0 Å². The van der Waals surface area contributed by atoms with Crippen molar-refractivity contribution in [1.29, 1.82) is 0 Å². The number of amides is 2. The lowest BCUT2D eigenvalue weighted by molar-refractivity contribution is -0.146. The van der Waals surface area contributed by atoms with E-state index in [0.717, 1.165) is 12.0 Å². The molecule has 2 amide bonds. The number of aryl methyl sites for hydroxylation is 1. The summed E-state index contributed by atoms with van der Waals surface area (Å²) in [5, 5.41) is 4.33. The number of nitrogens with zero attached hydrogens (tertiary/aromatic N) is 4. The normalized spacial score (nSPS) is 20.0. The van der Waals surface area contributed by atoms with Crippen LogP contribution in [0.1, 0.15) is 24.8 Å². The van der Waals surface area contributed by atoms with E-state index in [2.05, 4.69) is 5.10 Å². The fourth-order valence-electron chi connectivity index (χ4n) is 3.70. The van der Waals surface area contributed by atoms with Gasteiger partial charge in [-0.1, -0.05) is 30.3 Å². The van der Waals surface area contributed by atoms with Crippen LogP contribution in [0.4, 0.5) is 0 Å². The van der Waals surface area contributed by atoms with Crippen LogP contribution in [-0.4, -0.2) is 58.6 Å². The van der Waals surface area contributed by atoms with Crippen LogP contribution in [0.25, 0.3) is 0 Å². The number of hydrogen-bond donors (Lipinski definition) is 0. The fraction of sp³-hybridized carbons (Fsp3) is 0.450. The van der Waals surface area contributed by atoms with Crippen molar-refractivity contribution in [3.8, 4) is 0 Å². The number of benzene rings is 1. The zero-order valence-electron chi connectivity index (χ0n) is 15.5. The summed E-state index contributed by atoms with van der Waals surface area (Å²) >= 11 is 0. The zero-order valence-corrected chi connectivity index (χ0v) is 15.5. The van der Waals surface area contributed by atoms with E-state index in [1.54, 1.807) is 29.9 Å². The summed E-state index contributed by atoms with van der Waals surface area (Å²) in [5.74, 6) is 0.0819. The third kappa shape index (κ3) is 3.64. The molecule has 26 heavy (non-hydrogen) atoms. The van der Waals surface area contributed by atoms with Crippen LogP contribution in [0, 0.1) is 0 Å². The molecule has 0 spiro atoms. The minimum absolute atomic E-state index is 0.0123. The summed E-state index contributed by atoms with van der Waals surface area (Å²) in [6.45, 7) is 1.07. The smallest absolute Gasteiger partial charge is 0.251 e. The van der Waals surface area contributed by atoms with E-state index in [0.29, 0.717) is 32.4 Å². The van der Waals surface area contributed by atoms with Gasteiger partial charge in [0, 0.05) is 39.5 Å². The Morgan fingerprint density at radius 3 is 2.62 bits per heavy atom. The van der Waals surface area contributed by atoms with Gasteiger partial charge < -0.3 is 9.80 Å². The van der Waals surface area contributed by atoms with Gasteiger partial charge in [-0.15, -0.1) is 0 Å². The molecule has 1 aromatic carbocycles. The van der Waals surface area contributed by atoms with Crippen molar-refractivity contribution < 1.29 is 9.59 Å². The van der Waals surface area contributed by atoms with Gasteiger partial charge in [0.15, 0.2) is 5.54 Å². The number of hydrogen-bond acceptors (Lipinski definition) is 3. The lowest BCUT2D eigenvalue weighted by Gasteiger charge is -2.43. The molecule has 0 saturated carbocycles. The fourth-order valence-corrected chi connectivity index (χ4v) is 3.70. The Kier molecular flexibility index (Phi) is 5.40. The molecule has 2 aromatic rings. The number of piperidine rings is 1. The number of rotatable bonds is 5. The molecule has 1 aromatic heterocycles. The molecule has 2 heterocycles. The Balaban J connectivity index is 1.75. The van der Waals surface area contributed by atoms with E-state index in [-0.39, 0.29) is 11.8 Å². The summed E-state index contributed by atoms with van der Waals surface area (Å²) in [5.41, 5.74) is 0.341. The van der Waals surface area contributed by atoms with Crippen LogP contribution in [0.2, 0.25) is 0 Å². The summed E-state index contributed by atoms with van der Waals surface area (Å²) in [7, 11) is 3.51. The number of aromatic nitrogens is 2. The second kappa shape index (κ2) is 7.72. The zero-order chi connectivity index (χ0) is 18.6. The second-order valence-electron chi connectivity index (χ2n) is 7.09. The molecule has 0 bridgehead atoms. The van der Waals surface area contributed by atoms with Crippen molar-refractivity contribution in [3.05, 3.63) is 54.4 Å². The molecule has 6 heteroatoms. The highest BCUT2D eigenvalue weighted by molar-refractivity contribution is 5.86. The van der Waals surface area contributed by atoms with E-state index in [9.17, 15) is 9.59 Å². The Bertz CT molecular complexity index is 742. The summed E-state index contributed by atoms with van der Waals surface area (Å²) < 4.78 is 1.73. The van der Waals surface area contributed by atoms with Crippen molar-refractivity contribution in [3.63, 3.8) is 0 Å². The van der Waals surface area contributed by atoms with Gasteiger partial charge in [-0.05, 0) is 30.9 Å². The largest absolute Gasteiger partial charge is 0.347 e. The van der Waals surface area contributed by atoms with Gasteiger partial charge in [-0.2, -0.15) is 5.10 Å². The Hall–Kier alpha value is -2.63. The van der Waals surface area contributed by atoms with Crippen molar-refractivity contribution in [2.24, 2.45) is 0 Å². The van der Waals surface area contributed by atoms with Gasteiger partial charge in [0.25, 0.3) is 5.91 Å². The predicted molar refractivity (Wildman–Crippen MR) is 99.5 cm³/mol. The van der Waals surface area contributed by atoms with Crippen LogP contribution in [0.3, 0.4) is 0 Å². The van der Waals surface area contributed by atoms with Gasteiger partial charge in [-0.3, -0.25) is 14.3 Å². The second-order valence-corrected chi connectivity index (χ2v) is 7.09. The molecule has 1 unspecified atom stereocenters. The maximum Gasteiger partial charge on any atom is 0.251 e. The first-order valence-electron chi connectivity index (χ1n) is 9.06. The average Bonchev–Trinajstić information content (AvgIpc) is 3.21. The standard InChI is InChI=1S/C20H26N4O2/c1-22(2)19(26)20(24-15-7-13-21-24)12-6-14-23(16-20)18(25)11-10-17-8-4-3-5-9-17/h3-5,7-9,13,15H,6,10-12,14,16H2,1-2H3. The van der Waals surface area contributed by atoms with Crippen molar-refractivity contribution in [2.75, 3.05) is 27.2 Å². The summed E-state index contributed by atoms with van der Waals surface area (Å²) in [6.07, 6.45) is 6.15. The molecule has 0 N–H and O–H groups in total. The van der Waals surface area contributed by atoms with E-state index < -0.39 is 5.54 Å². The average molecular weight is 354 g/mol. The molecule has 3 rings (SSSR count). The Morgan fingerprint density at radius 1 is 1.19 bits per heavy atom. The van der Waals surface area contributed by atoms with E-state index in [1.807, 2.05) is 47.5 Å². The molecule has 1 atom stereocenters. The predicted octanol–water partition coefficient (Wildman–Crippen LogP) is 1.92. The topological polar surface area (TPSA) is 58.4 Å². The maximum atomic E-state index is 13.0. The van der Waals surface area contributed by atoms with Crippen molar-refractivity contribution in [2.45, 2.75) is 31.2 Å². The van der Waals surface area contributed by atoms with E-state index in [1.165, 1.54) is 0 Å². The highest BCUT2D eigenvalue weighted by Gasteiger charge is 2.46. The first-order chi connectivity index (χ1) is 12.5. The number of carbonyl (C=O) groups is 2. The number of likely N-dealkylation sites (N-methyl/N-ethyl adjacent to an activating group) is 1.